The highest BCUT2D eigenvalue weighted by Gasteiger charge is 2.32. The minimum Gasteiger partial charge on any atom is -0.455 e. The number of nitrogens with zero attached hydrogens (tertiary/aromatic N) is 3. The van der Waals surface area contributed by atoms with Crippen LogP contribution in [-0.2, 0) is 6.42 Å². The predicted octanol–water partition coefficient (Wildman–Crippen LogP) is 3.98. The fourth-order valence-electron chi connectivity index (χ4n) is 4.46. The van der Waals surface area contributed by atoms with Crippen LogP contribution in [0.4, 0.5) is 5.69 Å². The summed E-state index contributed by atoms with van der Waals surface area (Å²) in [5.41, 5.74) is 4.66. The Hall–Kier alpha value is -3.49. The predicted molar refractivity (Wildman–Crippen MR) is 118 cm³/mol. The fraction of sp³-hybridized carbons (Fsp3) is 0.435. The second-order valence-corrected chi connectivity index (χ2v) is 8.36. The van der Waals surface area contributed by atoms with E-state index in [1.54, 1.807) is 0 Å². The van der Waals surface area contributed by atoms with Crippen molar-refractivity contribution in [2.24, 2.45) is 5.10 Å². The zero-order valence-electron chi connectivity index (χ0n) is 18.2. The van der Waals surface area contributed by atoms with Gasteiger partial charge in [0.15, 0.2) is 5.76 Å². The molecular weight excluding hydrogens is 412 g/mol. The summed E-state index contributed by atoms with van der Waals surface area (Å²) in [6.45, 7) is 4.64. The number of hydrogen-bond acceptors (Lipinski definition) is 6. The molecule has 1 aliphatic carbocycles. The molecule has 1 N–H and O–H groups in total. The van der Waals surface area contributed by atoms with Crippen molar-refractivity contribution in [2.45, 2.75) is 58.4 Å². The van der Waals surface area contributed by atoms with Crippen LogP contribution in [0.25, 0.3) is 0 Å². The van der Waals surface area contributed by atoms with Gasteiger partial charge in [-0.3, -0.25) is 19.7 Å². The van der Waals surface area contributed by atoms with E-state index in [9.17, 15) is 19.7 Å². The van der Waals surface area contributed by atoms with Crippen LogP contribution >= 0.6 is 0 Å². The SMILES string of the molecule is Cc1c(C(=O)N2CCCCC2C)oc2c1/C(=N/NC(=O)c1cccc([N+](=O)[O-])c1)CCC2. The second-order valence-electron chi connectivity index (χ2n) is 8.36. The summed E-state index contributed by atoms with van der Waals surface area (Å²) in [4.78, 5) is 37.9. The number of nitrogens with one attached hydrogen (secondary N) is 1. The van der Waals surface area contributed by atoms with Gasteiger partial charge in [0, 0.05) is 47.8 Å². The van der Waals surface area contributed by atoms with Gasteiger partial charge < -0.3 is 9.32 Å². The molecule has 0 spiro atoms. The van der Waals surface area contributed by atoms with Gasteiger partial charge in [-0.2, -0.15) is 5.10 Å². The Labute approximate surface area is 185 Å². The summed E-state index contributed by atoms with van der Waals surface area (Å²) in [6.07, 6.45) is 5.24. The van der Waals surface area contributed by atoms with Crippen molar-refractivity contribution >= 4 is 23.2 Å². The molecule has 0 saturated carbocycles. The highest BCUT2D eigenvalue weighted by atomic mass is 16.6. The van der Waals surface area contributed by atoms with Crippen LogP contribution < -0.4 is 5.43 Å². The maximum absolute atomic E-state index is 13.2. The standard InChI is InChI=1S/C23H26N4O5/c1-14-7-3-4-12-26(14)23(29)21-15(2)20-18(10-6-11-19(20)32-21)24-25-22(28)16-8-5-9-17(13-16)27(30)31/h5,8-9,13-14H,3-4,6-7,10-12H2,1-2H3,(H,25,28)/b24-18+. The minimum absolute atomic E-state index is 0.0934. The second kappa shape index (κ2) is 8.94. The third-order valence-electron chi connectivity index (χ3n) is 6.20. The first-order chi connectivity index (χ1) is 15.4. The Morgan fingerprint density at radius 2 is 2.06 bits per heavy atom. The lowest BCUT2D eigenvalue weighted by Gasteiger charge is -2.32. The van der Waals surface area contributed by atoms with Crippen molar-refractivity contribution in [2.75, 3.05) is 6.54 Å². The van der Waals surface area contributed by atoms with Crippen molar-refractivity contribution in [3.8, 4) is 0 Å². The third-order valence-corrected chi connectivity index (χ3v) is 6.20. The van der Waals surface area contributed by atoms with Crippen LogP contribution in [-0.4, -0.2) is 39.9 Å². The van der Waals surface area contributed by atoms with Gasteiger partial charge in [0.25, 0.3) is 17.5 Å². The molecule has 1 aromatic carbocycles. The molecule has 2 heterocycles. The fourth-order valence-corrected chi connectivity index (χ4v) is 4.46. The minimum atomic E-state index is -0.549. The van der Waals surface area contributed by atoms with E-state index in [2.05, 4.69) is 17.5 Å². The number of furan rings is 1. The molecule has 168 valence electrons. The molecule has 9 heteroatoms. The average Bonchev–Trinajstić information content (AvgIpc) is 3.14. The molecule has 1 saturated heterocycles. The molecule has 1 unspecified atom stereocenters. The van der Waals surface area contributed by atoms with E-state index >= 15 is 0 Å². The van der Waals surface area contributed by atoms with Crippen molar-refractivity contribution in [1.29, 1.82) is 0 Å². The molecule has 1 aromatic heterocycles. The number of hydrazone groups is 1. The Balaban J connectivity index is 1.57. The molecule has 0 bridgehead atoms. The Bertz CT molecular complexity index is 1100. The number of nitro groups is 1. The first-order valence-electron chi connectivity index (χ1n) is 10.9. The average molecular weight is 438 g/mol. The number of aryl methyl sites for hydroxylation is 1. The Kier molecular flexibility index (Phi) is 6.07. The topological polar surface area (TPSA) is 118 Å². The lowest BCUT2D eigenvalue weighted by molar-refractivity contribution is -0.384. The van der Waals surface area contributed by atoms with Gasteiger partial charge in [0.05, 0.1) is 10.6 Å². The monoisotopic (exact) mass is 438 g/mol. The number of amides is 2. The van der Waals surface area contributed by atoms with Crippen LogP contribution in [0.3, 0.4) is 0 Å². The van der Waals surface area contributed by atoms with E-state index in [4.69, 9.17) is 4.42 Å². The van der Waals surface area contributed by atoms with E-state index < -0.39 is 10.8 Å². The molecule has 1 atom stereocenters. The molecule has 2 amide bonds. The smallest absolute Gasteiger partial charge is 0.290 e. The molecule has 32 heavy (non-hydrogen) atoms. The van der Waals surface area contributed by atoms with Crippen LogP contribution in [0.5, 0.6) is 0 Å². The first-order valence-corrected chi connectivity index (χ1v) is 10.9. The molecular formula is C23H26N4O5. The summed E-state index contributed by atoms with van der Waals surface area (Å²) < 4.78 is 6.00. The Morgan fingerprint density at radius 1 is 1.25 bits per heavy atom. The maximum Gasteiger partial charge on any atom is 0.290 e. The molecule has 0 radical (unpaired) electrons. The zero-order valence-corrected chi connectivity index (χ0v) is 18.2. The number of nitro benzene ring substituents is 1. The third kappa shape index (κ3) is 4.15. The van der Waals surface area contributed by atoms with E-state index in [1.165, 1.54) is 24.3 Å². The highest BCUT2D eigenvalue weighted by molar-refractivity contribution is 6.07. The van der Waals surface area contributed by atoms with Gasteiger partial charge in [-0.15, -0.1) is 0 Å². The van der Waals surface area contributed by atoms with Crippen LogP contribution in [0.15, 0.2) is 33.8 Å². The summed E-state index contributed by atoms with van der Waals surface area (Å²) in [6, 6.07) is 5.67. The number of carbonyl (C=O) groups is 2. The summed E-state index contributed by atoms with van der Waals surface area (Å²) in [5, 5.41) is 15.3. The molecule has 4 rings (SSSR count). The molecule has 1 fully saturated rings. The largest absolute Gasteiger partial charge is 0.455 e. The summed E-state index contributed by atoms with van der Waals surface area (Å²) in [5.74, 6) is 0.436. The van der Waals surface area contributed by atoms with E-state index in [0.29, 0.717) is 30.1 Å². The van der Waals surface area contributed by atoms with E-state index in [1.807, 2.05) is 11.8 Å². The normalized spacial score (nSPS) is 19.5. The van der Waals surface area contributed by atoms with Crippen molar-refractivity contribution in [1.82, 2.24) is 10.3 Å². The number of likely N-dealkylation sites (tertiary alicyclic amines) is 1. The summed E-state index contributed by atoms with van der Waals surface area (Å²) in [7, 11) is 0. The molecule has 1 aliphatic heterocycles. The maximum atomic E-state index is 13.2. The van der Waals surface area contributed by atoms with Gasteiger partial charge in [0.1, 0.15) is 5.76 Å². The number of rotatable bonds is 4. The number of piperidine rings is 1. The first kappa shape index (κ1) is 21.7. The molecule has 9 nitrogen and oxygen atoms in total. The summed E-state index contributed by atoms with van der Waals surface area (Å²) >= 11 is 0. The van der Waals surface area contributed by atoms with Gasteiger partial charge in [-0.05, 0) is 52.0 Å². The van der Waals surface area contributed by atoms with E-state index in [0.717, 1.165) is 43.4 Å². The number of fused-ring (bicyclic) bond motifs is 1. The Morgan fingerprint density at radius 3 is 2.81 bits per heavy atom. The van der Waals surface area contributed by atoms with Gasteiger partial charge in [0.2, 0.25) is 0 Å². The van der Waals surface area contributed by atoms with E-state index in [-0.39, 0.29) is 23.2 Å². The number of hydrogen-bond donors (Lipinski definition) is 1. The van der Waals surface area contributed by atoms with Crippen molar-refractivity contribution in [3.05, 3.63) is 62.6 Å². The quantitative estimate of drug-likeness (QED) is 0.572. The zero-order chi connectivity index (χ0) is 22.8. The number of benzene rings is 1. The van der Waals surface area contributed by atoms with Crippen LogP contribution in [0.2, 0.25) is 0 Å². The highest BCUT2D eigenvalue weighted by Crippen LogP contribution is 2.31. The lowest BCUT2D eigenvalue weighted by atomic mass is 9.93. The van der Waals surface area contributed by atoms with Gasteiger partial charge in [-0.25, -0.2) is 5.43 Å². The van der Waals surface area contributed by atoms with Crippen LogP contribution in [0, 0.1) is 17.0 Å². The van der Waals surface area contributed by atoms with Crippen molar-refractivity contribution < 1.29 is 18.9 Å². The van der Waals surface area contributed by atoms with Gasteiger partial charge in [-0.1, -0.05) is 6.07 Å². The lowest BCUT2D eigenvalue weighted by Crippen LogP contribution is -2.42. The molecule has 2 aliphatic rings. The van der Waals surface area contributed by atoms with Crippen molar-refractivity contribution in [3.63, 3.8) is 0 Å². The number of non-ortho nitro benzene ring substituents is 1. The van der Waals surface area contributed by atoms with Crippen LogP contribution in [0.1, 0.15) is 76.8 Å². The molecule has 2 aromatic rings. The number of carbonyl (C=O) groups excluding carboxylic acids is 2. The van der Waals surface area contributed by atoms with Gasteiger partial charge >= 0.3 is 0 Å².